The summed E-state index contributed by atoms with van der Waals surface area (Å²) >= 11 is 0. The fraction of sp³-hybridized carbons (Fsp3) is 0.581. The van der Waals surface area contributed by atoms with Crippen LogP contribution in [0.25, 0.3) is 0 Å². The van der Waals surface area contributed by atoms with Crippen LogP contribution in [0, 0.1) is 5.92 Å². The summed E-state index contributed by atoms with van der Waals surface area (Å²) in [5.74, 6) is 0.431. The minimum atomic E-state index is -0.565. The minimum absolute atomic E-state index is 0.194. The molecule has 0 radical (unpaired) electrons. The monoisotopic (exact) mass is 482 g/mol. The molecule has 4 heteroatoms. The Hall–Kier alpha value is -2.33. The van der Waals surface area contributed by atoms with Crippen LogP contribution in [0.3, 0.4) is 0 Å². The summed E-state index contributed by atoms with van der Waals surface area (Å²) < 4.78 is 12.8. The normalized spacial score (nSPS) is 13.3. The number of quaternary nitrogens is 1. The van der Waals surface area contributed by atoms with Gasteiger partial charge in [0, 0.05) is 12.0 Å². The molecule has 0 bridgehead atoms. The number of hydrogen-bond acceptors (Lipinski definition) is 3. The number of rotatable bonds is 17. The van der Waals surface area contributed by atoms with Gasteiger partial charge in [-0.3, -0.25) is 4.79 Å². The van der Waals surface area contributed by atoms with Crippen molar-refractivity contribution in [1.29, 1.82) is 0 Å². The van der Waals surface area contributed by atoms with E-state index in [0.717, 1.165) is 29.6 Å². The van der Waals surface area contributed by atoms with E-state index in [4.69, 9.17) is 9.47 Å². The molecule has 0 aromatic heterocycles. The lowest BCUT2D eigenvalue weighted by Gasteiger charge is -2.32. The predicted molar refractivity (Wildman–Crippen MR) is 145 cm³/mol. The average Bonchev–Trinajstić information content (AvgIpc) is 2.83. The second kappa shape index (κ2) is 15.6. The maximum Gasteiger partial charge on any atom is 0.317 e. The molecule has 0 saturated carbocycles. The zero-order chi connectivity index (χ0) is 25.5. The highest BCUT2D eigenvalue weighted by Crippen LogP contribution is 2.24. The van der Waals surface area contributed by atoms with E-state index >= 15 is 0 Å². The molecule has 2 aromatic rings. The summed E-state index contributed by atoms with van der Waals surface area (Å²) in [5, 5.41) is 0. The SMILES string of the molecule is CCCCCCCCCc1ccccc1OC(CC)OC(=O)C(C)C[N+](C)(C)Cc1ccccc1. The summed E-state index contributed by atoms with van der Waals surface area (Å²) in [5.41, 5.74) is 2.47. The van der Waals surface area contributed by atoms with Crippen LogP contribution in [0.4, 0.5) is 0 Å². The molecule has 0 saturated heterocycles. The van der Waals surface area contributed by atoms with E-state index in [1.165, 1.54) is 49.7 Å². The van der Waals surface area contributed by atoms with E-state index in [0.29, 0.717) is 13.0 Å². The van der Waals surface area contributed by atoms with Gasteiger partial charge in [-0.25, -0.2) is 0 Å². The number of benzene rings is 2. The van der Waals surface area contributed by atoms with Gasteiger partial charge in [0.2, 0.25) is 6.29 Å². The maximum absolute atomic E-state index is 12.9. The second-order valence-electron chi connectivity index (χ2n) is 10.5. The first-order valence-electron chi connectivity index (χ1n) is 13.7. The van der Waals surface area contributed by atoms with Crippen LogP contribution in [-0.4, -0.2) is 37.4 Å². The molecule has 0 heterocycles. The first-order valence-corrected chi connectivity index (χ1v) is 13.7. The van der Waals surface area contributed by atoms with Crippen LogP contribution in [0.1, 0.15) is 83.3 Å². The Balaban J connectivity index is 1.85. The lowest BCUT2D eigenvalue weighted by atomic mass is 10.0. The third-order valence-corrected chi connectivity index (χ3v) is 6.49. The highest BCUT2D eigenvalue weighted by Gasteiger charge is 2.28. The Morgan fingerprint density at radius 2 is 1.49 bits per heavy atom. The summed E-state index contributed by atoms with van der Waals surface area (Å²) in [7, 11) is 4.31. The number of nitrogens with zero attached hydrogens (tertiary/aromatic N) is 1. The molecule has 0 spiro atoms. The summed E-state index contributed by atoms with van der Waals surface area (Å²) in [6.45, 7) is 7.78. The molecule has 0 aliphatic carbocycles. The molecule has 4 nitrogen and oxygen atoms in total. The van der Waals surface area contributed by atoms with E-state index in [9.17, 15) is 4.79 Å². The largest absolute Gasteiger partial charge is 0.455 e. The summed E-state index contributed by atoms with van der Waals surface area (Å²) in [6.07, 6.45) is 10.1. The number of para-hydroxylation sites is 1. The van der Waals surface area contributed by atoms with Gasteiger partial charge < -0.3 is 14.0 Å². The van der Waals surface area contributed by atoms with Crippen LogP contribution >= 0.6 is 0 Å². The molecular weight excluding hydrogens is 434 g/mol. The molecule has 2 rings (SSSR count). The summed E-state index contributed by atoms with van der Waals surface area (Å²) in [4.78, 5) is 12.9. The molecule has 194 valence electrons. The van der Waals surface area contributed by atoms with E-state index < -0.39 is 6.29 Å². The number of carbonyl (C=O) groups excluding carboxylic acids is 1. The van der Waals surface area contributed by atoms with Crippen molar-refractivity contribution in [3.05, 3.63) is 65.7 Å². The Morgan fingerprint density at radius 1 is 0.857 bits per heavy atom. The van der Waals surface area contributed by atoms with Gasteiger partial charge in [-0.05, 0) is 31.4 Å². The number of hydrogen-bond donors (Lipinski definition) is 0. The van der Waals surface area contributed by atoms with Crippen LogP contribution in [0.2, 0.25) is 0 Å². The highest BCUT2D eigenvalue weighted by molar-refractivity contribution is 5.72. The van der Waals surface area contributed by atoms with Crippen molar-refractivity contribution < 1.29 is 18.8 Å². The first-order chi connectivity index (χ1) is 16.8. The average molecular weight is 483 g/mol. The van der Waals surface area contributed by atoms with Gasteiger partial charge >= 0.3 is 5.97 Å². The molecule has 2 atom stereocenters. The van der Waals surface area contributed by atoms with Crippen molar-refractivity contribution in [2.45, 2.75) is 91.4 Å². The van der Waals surface area contributed by atoms with Crippen molar-refractivity contribution in [3.63, 3.8) is 0 Å². The van der Waals surface area contributed by atoms with E-state index in [1.54, 1.807) is 0 Å². The Kier molecular flexibility index (Phi) is 12.9. The number of aryl methyl sites for hydroxylation is 1. The molecule has 35 heavy (non-hydrogen) atoms. The van der Waals surface area contributed by atoms with Gasteiger partial charge in [-0.1, -0.05) is 101 Å². The number of unbranched alkanes of at least 4 members (excludes halogenated alkanes) is 6. The number of ether oxygens (including phenoxy) is 2. The van der Waals surface area contributed by atoms with Gasteiger partial charge in [-0.2, -0.15) is 0 Å². The van der Waals surface area contributed by atoms with E-state index in [-0.39, 0.29) is 11.9 Å². The number of carbonyl (C=O) groups is 1. The second-order valence-corrected chi connectivity index (χ2v) is 10.5. The lowest BCUT2D eigenvalue weighted by molar-refractivity contribution is -0.905. The first kappa shape index (κ1) is 28.9. The Bertz CT molecular complexity index is 849. The molecule has 0 aliphatic rings. The minimum Gasteiger partial charge on any atom is -0.455 e. The molecule has 0 N–H and O–H groups in total. The van der Waals surface area contributed by atoms with Gasteiger partial charge in [0.25, 0.3) is 0 Å². The third-order valence-electron chi connectivity index (χ3n) is 6.49. The van der Waals surface area contributed by atoms with Crippen LogP contribution in [0.5, 0.6) is 5.75 Å². The number of esters is 1. The topological polar surface area (TPSA) is 35.5 Å². The van der Waals surface area contributed by atoms with Crippen LogP contribution in [0.15, 0.2) is 54.6 Å². The fourth-order valence-electron chi connectivity index (χ4n) is 4.63. The quantitative estimate of drug-likeness (QED) is 0.101. The van der Waals surface area contributed by atoms with Crippen molar-refractivity contribution >= 4 is 5.97 Å². The van der Waals surface area contributed by atoms with Crippen LogP contribution < -0.4 is 4.74 Å². The maximum atomic E-state index is 12.9. The lowest BCUT2D eigenvalue weighted by Crippen LogP contribution is -2.44. The highest BCUT2D eigenvalue weighted by atomic mass is 16.7. The summed E-state index contributed by atoms with van der Waals surface area (Å²) in [6, 6.07) is 18.6. The van der Waals surface area contributed by atoms with Crippen molar-refractivity contribution in [3.8, 4) is 5.75 Å². The molecule has 0 aliphatic heterocycles. The van der Waals surface area contributed by atoms with Crippen molar-refractivity contribution in [2.75, 3.05) is 20.6 Å². The van der Waals surface area contributed by atoms with E-state index in [1.807, 2.05) is 32.0 Å². The molecule has 2 unspecified atom stereocenters. The molecule has 2 aromatic carbocycles. The van der Waals surface area contributed by atoms with Gasteiger partial charge in [0.1, 0.15) is 18.2 Å². The Labute approximate surface area is 214 Å². The van der Waals surface area contributed by atoms with Gasteiger partial charge in [0.15, 0.2) is 0 Å². The van der Waals surface area contributed by atoms with Crippen molar-refractivity contribution in [2.24, 2.45) is 5.92 Å². The molecule has 0 amide bonds. The molecular formula is C31H48NO3+. The third kappa shape index (κ3) is 11.3. The van der Waals surface area contributed by atoms with Gasteiger partial charge in [-0.15, -0.1) is 0 Å². The van der Waals surface area contributed by atoms with Crippen LogP contribution in [-0.2, 0) is 22.5 Å². The standard InChI is InChI=1S/C31H48NO3/c1-6-8-9-10-11-12-16-21-28-22-17-18-23-29(28)34-30(7-2)35-31(33)26(3)24-32(4,5)25-27-19-14-13-15-20-27/h13-15,17-20,22-23,26,30H,6-12,16,21,24-25H2,1-5H3/q+1. The zero-order valence-electron chi connectivity index (χ0n) is 22.8. The zero-order valence-corrected chi connectivity index (χ0v) is 22.8. The predicted octanol–water partition coefficient (Wildman–Crippen LogP) is 7.55. The Morgan fingerprint density at radius 3 is 2.17 bits per heavy atom. The van der Waals surface area contributed by atoms with Gasteiger partial charge in [0.05, 0.1) is 20.6 Å². The molecule has 0 fully saturated rings. The smallest absolute Gasteiger partial charge is 0.317 e. The van der Waals surface area contributed by atoms with E-state index in [2.05, 4.69) is 57.4 Å². The fourth-order valence-corrected chi connectivity index (χ4v) is 4.63. The van der Waals surface area contributed by atoms with Crippen molar-refractivity contribution in [1.82, 2.24) is 0 Å².